The zero-order valence-electron chi connectivity index (χ0n) is 8.06. The maximum Gasteiger partial charge on any atom is 0.214 e. The van der Waals surface area contributed by atoms with Crippen LogP contribution in [0.1, 0.15) is 5.56 Å². The van der Waals surface area contributed by atoms with E-state index >= 15 is 0 Å². The summed E-state index contributed by atoms with van der Waals surface area (Å²) in [7, 11) is 0. The fourth-order valence-electron chi connectivity index (χ4n) is 1.20. The van der Waals surface area contributed by atoms with E-state index in [1.807, 2.05) is 42.5 Å². The third-order valence-electron chi connectivity index (χ3n) is 1.93. The van der Waals surface area contributed by atoms with E-state index in [-0.39, 0.29) is 0 Å². The number of hydrogen-bond acceptors (Lipinski definition) is 2. The minimum absolute atomic E-state index is 0.563. The summed E-state index contributed by atoms with van der Waals surface area (Å²) < 4.78 is 6.69. The zero-order chi connectivity index (χ0) is 10.5. The summed E-state index contributed by atoms with van der Waals surface area (Å²) in [6.45, 7) is 0.563. The Balaban J connectivity index is 1.99. The Morgan fingerprint density at radius 3 is 2.67 bits per heavy atom. The molecule has 0 saturated heterocycles. The van der Waals surface area contributed by atoms with Crippen LogP contribution in [-0.2, 0) is 6.61 Å². The van der Waals surface area contributed by atoms with Crippen molar-refractivity contribution in [2.45, 2.75) is 6.61 Å². The molecule has 76 valence electrons. The molecule has 1 aromatic heterocycles. The van der Waals surface area contributed by atoms with Crippen molar-refractivity contribution < 1.29 is 4.74 Å². The molecule has 0 fully saturated rings. The van der Waals surface area contributed by atoms with Crippen LogP contribution >= 0.6 is 22.6 Å². The summed E-state index contributed by atoms with van der Waals surface area (Å²) in [5.41, 5.74) is 1.15. The van der Waals surface area contributed by atoms with Gasteiger partial charge >= 0.3 is 0 Å². The molecular weight excluding hydrogens is 301 g/mol. The van der Waals surface area contributed by atoms with Crippen molar-refractivity contribution in [3.63, 3.8) is 0 Å². The maximum atomic E-state index is 5.56. The molecule has 0 aliphatic rings. The van der Waals surface area contributed by atoms with Gasteiger partial charge in [0.1, 0.15) is 6.61 Å². The Hall–Kier alpha value is -1.10. The van der Waals surface area contributed by atoms with Crippen LogP contribution in [0.2, 0.25) is 0 Å². The molecule has 0 spiro atoms. The van der Waals surface area contributed by atoms with Gasteiger partial charge in [-0.15, -0.1) is 0 Å². The van der Waals surface area contributed by atoms with Gasteiger partial charge < -0.3 is 4.74 Å². The molecule has 2 rings (SSSR count). The van der Waals surface area contributed by atoms with Gasteiger partial charge in [0.25, 0.3) is 0 Å². The Labute approximate surface area is 102 Å². The molecule has 0 unspecified atom stereocenters. The molecule has 0 aliphatic carbocycles. The van der Waals surface area contributed by atoms with Crippen LogP contribution in [0.5, 0.6) is 5.88 Å². The number of rotatable bonds is 3. The predicted octanol–water partition coefficient (Wildman–Crippen LogP) is 3.27. The SMILES string of the molecule is Ic1ccnc(OCc2ccccc2)c1. The molecule has 0 saturated carbocycles. The predicted molar refractivity (Wildman–Crippen MR) is 67.7 cm³/mol. The van der Waals surface area contributed by atoms with Crippen molar-refractivity contribution in [1.29, 1.82) is 0 Å². The van der Waals surface area contributed by atoms with Crippen LogP contribution < -0.4 is 4.74 Å². The molecule has 0 amide bonds. The lowest BCUT2D eigenvalue weighted by atomic mass is 10.2. The van der Waals surface area contributed by atoms with Crippen LogP contribution in [0, 0.1) is 3.57 Å². The second-order valence-corrected chi connectivity index (χ2v) is 4.33. The number of aromatic nitrogens is 1. The third-order valence-corrected chi connectivity index (χ3v) is 2.60. The van der Waals surface area contributed by atoms with Gasteiger partial charge in [-0.3, -0.25) is 0 Å². The summed E-state index contributed by atoms with van der Waals surface area (Å²) in [6, 6.07) is 13.9. The summed E-state index contributed by atoms with van der Waals surface area (Å²) >= 11 is 2.24. The van der Waals surface area contributed by atoms with Crippen LogP contribution in [0.25, 0.3) is 0 Å². The summed E-state index contributed by atoms with van der Waals surface area (Å²) in [5.74, 6) is 0.672. The van der Waals surface area contributed by atoms with Crippen molar-refractivity contribution in [1.82, 2.24) is 4.98 Å². The van der Waals surface area contributed by atoms with Crippen molar-refractivity contribution >= 4 is 22.6 Å². The minimum Gasteiger partial charge on any atom is -0.473 e. The second-order valence-electron chi connectivity index (χ2n) is 3.09. The van der Waals surface area contributed by atoms with E-state index in [1.165, 1.54) is 0 Å². The number of ether oxygens (including phenoxy) is 1. The van der Waals surface area contributed by atoms with Crippen LogP contribution in [0.4, 0.5) is 0 Å². The molecular formula is C12H10INO. The molecule has 1 aromatic carbocycles. The molecule has 0 aliphatic heterocycles. The first kappa shape index (κ1) is 10.4. The van der Waals surface area contributed by atoms with Crippen molar-refractivity contribution in [2.75, 3.05) is 0 Å². The van der Waals surface area contributed by atoms with E-state index in [1.54, 1.807) is 6.20 Å². The minimum atomic E-state index is 0.563. The highest BCUT2D eigenvalue weighted by Crippen LogP contribution is 2.12. The summed E-state index contributed by atoms with van der Waals surface area (Å²) in [4.78, 5) is 4.13. The van der Waals surface area contributed by atoms with E-state index < -0.39 is 0 Å². The number of nitrogens with zero attached hydrogens (tertiary/aromatic N) is 1. The molecule has 1 heterocycles. The highest BCUT2D eigenvalue weighted by atomic mass is 127. The van der Waals surface area contributed by atoms with Crippen LogP contribution in [-0.4, -0.2) is 4.98 Å². The van der Waals surface area contributed by atoms with E-state index in [4.69, 9.17) is 4.74 Å². The van der Waals surface area contributed by atoms with E-state index in [0.29, 0.717) is 12.5 Å². The monoisotopic (exact) mass is 311 g/mol. The Morgan fingerprint density at radius 1 is 1.13 bits per heavy atom. The second kappa shape index (κ2) is 5.11. The molecule has 3 heteroatoms. The van der Waals surface area contributed by atoms with Gasteiger partial charge in [0, 0.05) is 15.8 Å². The lowest BCUT2D eigenvalue weighted by molar-refractivity contribution is 0.293. The van der Waals surface area contributed by atoms with E-state index in [0.717, 1.165) is 9.13 Å². The van der Waals surface area contributed by atoms with Crippen LogP contribution in [0.3, 0.4) is 0 Å². The molecule has 0 N–H and O–H groups in total. The Morgan fingerprint density at radius 2 is 1.93 bits per heavy atom. The van der Waals surface area contributed by atoms with Gasteiger partial charge in [0.05, 0.1) is 0 Å². The lowest BCUT2D eigenvalue weighted by Crippen LogP contribution is -1.96. The van der Waals surface area contributed by atoms with E-state index in [2.05, 4.69) is 27.6 Å². The topological polar surface area (TPSA) is 22.1 Å². The van der Waals surface area contributed by atoms with Crippen LogP contribution in [0.15, 0.2) is 48.7 Å². The average Bonchev–Trinajstić information content (AvgIpc) is 2.28. The van der Waals surface area contributed by atoms with Crippen molar-refractivity contribution in [3.05, 3.63) is 57.8 Å². The van der Waals surface area contributed by atoms with Gasteiger partial charge in [0.2, 0.25) is 5.88 Å². The quantitative estimate of drug-likeness (QED) is 0.812. The highest BCUT2D eigenvalue weighted by Gasteiger charge is 1.96. The molecule has 0 radical (unpaired) electrons. The van der Waals surface area contributed by atoms with Gasteiger partial charge in [0.15, 0.2) is 0 Å². The number of pyridine rings is 1. The number of hydrogen-bond donors (Lipinski definition) is 0. The smallest absolute Gasteiger partial charge is 0.214 e. The largest absolute Gasteiger partial charge is 0.473 e. The van der Waals surface area contributed by atoms with Gasteiger partial charge in [-0.2, -0.15) is 0 Å². The van der Waals surface area contributed by atoms with Gasteiger partial charge in [-0.1, -0.05) is 30.3 Å². The summed E-state index contributed by atoms with van der Waals surface area (Å²) in [5, 5.41) is 0. The van der Waals surface area contributed by atoms with Crippen molar-refractivity contribution in [2.24, 2.45) is 0 Å². The lowest BCUT2D eigenvalue weighted by Gasteiger charge is -2.04. The molecule has 0 bridgehead atoms. The Kier molecular flexibility index (Phi) is 3.55. The first-order chi connectivity index (χ1) is 7.34. The number of halogens is 1. The average molecular weight is 311 g/mol. The van der Waals surface area contributed by atoms with Gasteiger partial charge in [-0.25, -0.2) is 4.98 Å². The fraction of sp³-hybridized carbons (Fsp3) is 0.0833. The highest BCUT2D eigenvalue weighted by molar-refractivity contribution is 14.1. The summed E-state index contributed by atoms with van der Waals surface area (Å²) in [6.07, 6.45) is 1.75. The molecule has 0 atom stereocenters. The Bertz CT molecular complexity index is 431. The standard InChI is InChI=1S/C12H10INO/c13-11-6-7-14-12(8-11)15-9-10-4-2-1-3-5-10/h1-8H,9H2. The first-order valence-corrected chi connectivity index (χ1v) is 5.71. The first-order valence-electron chi connectivity index (χ1n) is 4.63. The molecule has 15 heavy (non-hydrogen) atoms. The fourth-order valence-corrected chi connectivity index (χ4v) is 1.62. The van der Waals surface area contributed by atoms with Gasteiger partial charge in [-0.05, 0) is 34.2 Å². The third kappa shape index (κ3) is 3.20. The number of benzene rings is 1. The normalized spacial score (nSPS) is 9.93. The van der Waals surface area contributed by atoms with Crippen molar-refractivity contribution in [3.8, 4) is 5.88 Å². The molecule has 2 nitrogen and oxygen atoms in total. The maximum absolute atomic E-state index is 5.56. The zero-order valence-corrected chi connectivity index (χ0v) is 10.2. The molecule has 2 aromatic rings. The van der Waals surface area contributed by atoms with E-state index in [9.17, 15) is 0 Å².